The lowest BCUT2D eigenvalue weighted by atomic mass is 9.97. The van der Waals surface area contributed by atoms with Crippen LogP contribution in [0.25, 0.3) is 0 Å². The number of aromatic nitrogens is 2. The van der Waals surface area contributed by atoms with Gasteiger partial charge in [0.2, 0.25) is 0 Å². The van der Waals surface area contributed by atoms with Crippen LogP contribution in [-0.4, -0.2) is 25.2 Å². The monoisotopic (exact) mass is 372 g/mol. The second kappa shape index (κ2) is 8.31. The van der Waals surface area contributed by atoms with Crippen LogP contribution >= 0.6 is 0 Å². The molecule has 0 unspecified atom stereocenters. The molecular weight excluding hydrogens is 348 g/mol. The Morgan fingerprint density at radius 2 is 1.73 bits per heavy atom. The average Bonchev–Trinajstić information content (AvgIpc) is 2.64. The predicted octanol–water partition coefficient (Wildman–Crippen LogP) is 3.89. The van der Waals surface area contributed by atoms with Crippen LogP contribution in [0.3, 0.4) is 0 Å². The highest BCUT2D eigenvalue weighted by molar-refractivity contribution is 7.92. The molecule has 1 aliphatic carbocycles. The van der Waals surface area contributed by atoms with Crippen molar-refractivity contribution in [1.82, 2.24) is 10.2 Å². The van der Waals surface area contributed by atoms with Crippen LogP contribution in [0.15, 0.2) is 52.9 Å². The molecule has 2 aromatic rings. The van der Waals surface area contributed by atoms with E-state index in [4.69, 9.17) is 0 Å². The third-order valence-electron chi connectivity index (χ3n) is 4.37. The first kappa shape index (κ1) is 18.4. The normalized spacial score (nSPS) is 14.6. The molecule has 6 nitrogen and oxygen atoms in total. The van der Waals surface area contributed by atoms with E-state index in [1.807, 2.05) is 6.92 Å². The molecule has 1 aliphatic rings. The van der Waals surface area contributed by atoms with Gasteiger partial charge < -0.3 is 5.32 Å². The summed E-state index contributed by atoms with van der Waals surface area (Å²) in [5, 5.41) is 11.2. The van der Waals surface area contributed by atoms with Gasteiger partial charge in [0.1, 0.15) is 5.82 Å². The van der Waals surface area contributed by atoms with Gasteiger partial charge in [0.15, 0.2) is 5.82 Å². The van der Waals surface area contributed by atoms with Gasteiger partial charge in [-0.25, -0.2) is 8.42 Å². The van der Waals surface area contributed by atoms with Crippen molar-refractivity contribution in [2.45, 2.75) is 43.9 Å². The quantitative estimate of drug-likeness (QED) is 0.721. The number of hydrogen-bond donors (Lipinski definition) is 2. The third-order valence-corrected chi connectivity index (χ3v) is 5.74. The highest BCUT2D eigenvalue weighted by atomic mass is 32.2. The van der Waals surface area contributed by atoms with E-state index in [2.05, 4.69) is 26.3 Å². The SMILES string of the molecule is Cc1ccc(S(=O)(=O)Nc2ccc(NCCC3=CCCCC3)nn2)cc1. The van der Waals surface area contributed by atoms with E-state index in [1.54, 1.807) is 36.4 Å². The summed E-state index contributed by atoms with van der Waals surface area (Å²) in [6, 6.07) is 10.0. The van der Waals surface area contributed by atoms with Crippen molar-refractivity contribution in [2.75, 3.05) is 16.6 Å². The predicted molar refractivity (Wildman–Crippen MR) is 104 cm³/mol. The molecule has 0 amide bonds. The van der Waals surface area contributed by atoms with Gasteiger partial charge in [0.25, 0.3) is 10.0 Å². The Hall–Kier alpha value is -2.41. The number of anilines is 2. The fraction of sp³-hybridized carbons (Fsp3) is 0.368. The minimum absolute atomic E-state index is 0.200. The molecule has 0 saturated heterocycles. The first-order chi connectivity index (χ1) is 12.5. The van der Waals surface area contributed by atoms with Gasteiger partial charge in [-0.1, -0.05) is 29.3 Å². The van der Waals surface area contributed by atoms with Crippen LogP contribution in [0.4, 0.5) is 11.6 Å². The number of hydrogen-bond acceptors (Lipinski definition) is 5. The molecule has 138 valence electrons. The van der Waals surface area contributed by atoms with E-state index in [0.717, 1.165) is 18.5 Å². The number of nitrogens with zero attached hydrogens (tertiary/aromatic N) is 2. The van der Waals surface area contributed by atoms with Crippen molar-refractivity contribution in [3.05, 3.63) is 53.6 Å². The van der Waals surface area contributed by atoms with Crippen molar-refractivity contribution in [2.24, 2.45) is 0 Å². The summed E-state index contributed by atoms with van der Waals surface area (Å²) in [6.45, 7) is 2.71. The minimum Gasteiger partial charge on any atom is -0.368 e. The lowest BCUT2D eigenvalue weighted by Gasteiger charge is -2.13. The average molecular weight is 372 g/mol. The third kappa shape index (κ3) is 5.05. The van der Waals surface area contributed by atoms with Gasteiger partial charge >= 0.3 is 0 Å². The summed E-state index contributed by atoms with van der Waals surface area (Å²) in [5.41, 5.74) is 2.50. The van der Waals surface area contributed by atoms with Crippen molar-refractivity contribution >= 4 is 21.7 Å². The molecule has 2 N–H and O–H groups in total. The molecule has 1 aromatic heterocycles. The topological polar surface area (TPSA) is 84.0 Å². The molecule has 26 heavy (non-hydrogen) atoms. The first-order valence-electron chi connectivity index (χ1n) is 8.88. The second-order valence-electron chi connectivity index (χ2n) is 6.51. The maximum absolute atomic E-state index is 12.3. The van der Waals surface area contributed by atoms with Crippen LogP contribution in [0.5, 0.6) is 0 Å². The molecule has 3 rings (SSSR count). The van der Waals surface area contributed by atoms with Crippen LogP contribution in [-0.2, 0) is 10.0 Å². The molecule has 0 bridgehead atoms. The van der Waals surface area contributed by atoms with Crippen molar-refractivity contribution in [1.29, 1.82) is 0 Å². The number of benzene rings is 1. The highest BCUT2D eigenvalue weighted by Gasteiger charge is 2.14. The van der Waals surface area contributed by atoms with E-state index in [-0.39, 0.29) is 10.7 Å². The number of allylic oxidation sites excluding steroid dienone is 1. The maximum atomic E-state index is 12.3. The van der Waals surface area contributed by atoms with Gasteiger partial charge in [0.05, 0.1) is 4.90 Å². The highest BCUT2D eigenvalue weighted by Crippen LogP contribution is 2.20. The zero-order chi connectivity index (χ0) is 18.4. The van der Waals surface area contributed by atoms with Gasteiger partial charge in [0, 0.05) is 6.54 Å². The lowest BCUT2D eigenvalue weighted by Crippen LogP contribution is -2.14. The molecule has 7 heteroatoms. The van der Waals surface area contributed by atoms with E-state index >= 15 is 0 Å². The summed E-state index contributed by atoms with van der Waals surface area (Å²) >= 11 is 0. The molecule has 1 aromatic carbocycles. The Morgan fingerprint density at radius 1 is 1.00 bits per heavy atom. The van der Waals surface area contributed by atoms with Crippen molar-refractivity contribution < 1.29 is 8.42 Å². The molecule has 0 atom stereocenters. The molecule has 0 fully saturated rings. The summed E-state index contributed by atoms with van der Waals surface area (Å²) in [7, 11) is -3.65. The first-order valence-corrected chi connectivity index (χ1v) is 10.4. The van der Waals surface area contributed by atoms with Crippen LogP contribution < -0.4 is 10.0 Å². The lowest BCUT2D eigenvalue weighted by molar-refractivity contribution is 0.601. The standard InChI is InChI=1S/C19H24N4O2S/c1-15-7-9-17(10-8-15)26(24,25)23-19-12-11-18(21-22-19)20-14-13-16-5-3-2-4-6-16/h5,7-12H,2-4,6,13-14H2,1H3,(H,20,21)(H,22,23). The van der Waals surface area contributed by atoms with Gasteiger partial charge in [-0.3, -0.25) is 4.72 Å². The number of rotatable bonds is 7. The van der Waals surface area contributed by atoms with Crippen molar-refractivity contribution in [3.63, 3.8) is 0 Å². The summed E-state index contributed by atoms with van der Waals surface area (Å²) in [4.78, 5) is 0.202. The summed E-state index contributed by atoms with van der Waals surface area (Å²) in [6.07, 6.45) is 8.28. The number of sulfonamides is 1. The Balaban J connectivity index is 1.55. The van der Waals surface area contributed by atoms with Crippen LogP contribution in [0.1, 0.15) is 37.7 Å². The largest absolute Gasteiger partial charge is 0.368 e. The van der Waals surface area contributed by atoms with Crippen LogP contribution in [0, 0.1) is 6.92 Å². The second-order valence-corrected chi connectivity index (χ2v) is 8.19. The molecule has 1 heterocycles. The van der Waals surface area contributed by atoms with Crippen molar-refractivity contribution in [3.8, 4) is 0 Å². The maximum Gasteiger partial charge on any atom is 0.263 e. The number of nitrogens with one attached hydrogen (secondary N) is 2. The number of aryl methyl sites for hydroxylation is 1. The fourth-order valence-electron chi connectivity index (χ4n) is 2.88. The van der Waals surface area contributed by atoms with Gasteiger partial charge in [-0.05, 0) is 63.3 Å². The molecule has 0 aliphatic heterocycles. The Labute approximate surface area is 154 Å². The van der Waals surface area contributed by atoms with E-state index in [1.165, 1.54) is 31.3 Å². The molecule has 0 radical (unpaired) electrons. The van der Waals surface area contributed by atoms with E-state index in [0.29, 0.717) is 5.82 Å². The molecular formula is C19H24N4O2S. The minimum atomic E-state index is -3.65. The zero-order valence-electron chi connectivity index (χ0n) is 14.9. The van der Waals surface area contributed by atoms with Gasteiger partial charge in [-0.15, -0.1) is 10.2 Å². The fourth-order valence-corrected chi connectivity index (χ4v) is 3.87. The Bertz CT molecular complexity index is 859. The summed E-state index contributed by atoms with van der Waals surface area (Å²) in [5.74, 6) is 0.839. The summed E-state index contributed by atoms with van der Waals surface area (Å²) < 4.78 is 27.1. The molecule has 0 spiro atoms. The van der Waals surface area contributed by atoms with E-state index < -0.39 is 10.0 Å². The Morgan fingerprint density at radius 3 is 2.38 bits per heavy atom. The smallest absolute Gasteiger partial charge is 0.263 e. The molecule has 0 saturated carbocycles. The van der Waals surface area contributed by atoms with Crippen LogP contribution in [0.2, 0.25) is 0 Å². The zero-order valence-corrected chi connectivity index (χ0v) is 15.7. The Kier molecular flexibility index (Phi) is 5.88. The van der Waals surface area contributed by atoms with E-state index in [9.17, 15) is 8.42 Å². The van der Waals surface area contributed by atoms with Gasteiger partial charge in [-0.2, -0.15) is 0 Å².